The van der Waals surface area contributed by atoms with Crippen molar-refractivity contribution in [3.8, 4) is 0 Å². The molecule has 100 valence electrons. The average molecular weight is 240 g/mol. The molecule has 1 rings (SSSR count). The van der Waals surface area contributed by atoms with E-state index in [-0.39, 0.29) is 11.4 Å². The van der Waals surface area contributed by atoms with Gasteiger partial charge in [-0.25, -0.2) is 0 Å². The molecule has 0 aliphatic carbocycles. The number of hydrogen-bond donors (Lipinski definition) is 2. The molecule has 1 unspecified atom stereocenters. The predicted octanol–water partition coefficient (Wildman–Crippen LogP) is 2.46. The zero-order valence-corrected chi connectivity index (χ0v) is 11.6. The summed E-state index contributed by atoms with van der Waals surface area (Å²) < 4.78 is 0. The fourth-order valence-electron chi connectivity index (χ4n) is 2.63. The second-order valence-corrected chi connectivity index (χ2v) is 5.93. The molecule has 0 bridgehead atoms. The molecule has 17 heavy (non-hydrogen) atoms. The summed E-state index contributed by atoms with van der Waals surface area (Å²) in [5.41, 5.74) is -0.0450. The largest absolute Gasteiger partial charge is 0.351 e. The van der Waals surface area contributed by atoms with Crippen LogP contribution < -0.4 is 10.6 Å². The third-order valence-electron chi connectivity index (χ3n) is 3.53. The first-order valence-corrected chi connectivity index (χ1v) is 7.05. The van der Waals surface area contributed by atoms with Gasteiger partial charge in [-0.05, 0) is 58.5 Å². The third kappa shape index (κ3) is 6.06. The SMILES string of the molecule is CCCC(C)(C)NC(=O)CCC1CCCNC1. The lowest BCUT2D eigenvalue weighted by Crippen LogP contribution is -2.43. The minimum absolute atomic E-state index is 0.0450. The van der Waals surface area contributed by atoms with Gasteiger partial charge in [0.1, 0.15) is 0 Å². The molecular formula is C14H28N2O. The Morgan fingerprint density at radius 1 is 1.47 bits per heavy atom. The van der Waals surface area contributed by atoms with Gasteiger partial charge >= 0.3 is 0 Å². The van der Waals surface area contributed by atoms with E-state index in [9.17, 15) is 4.79 Å². The van der Waals surface area contributed by atoms with Crippen LogP contribution in [0.1, 0.15) is 59.3 Å². The van der Waals surface area contributed by atoms with Crippen molar-refractivity contribution in [2.75, 3.05) is 13.1 Å². The fourth-order valence-corrected chi connectivity index (χ4v) is 2.63. The van der Waals surface area contributed by atoms with Crippen LogP contribution in [0.25, 0.3) is 0 Å². The summed E-state index contributed by atoms with van der Waals surface area (Å²) in [5.74, 6) is 0.915. The molecule has 3 heteroatoms. The Bertz CT molecular complexity index is 232. The molecule has 1 heterocycles. The number of carbonyl (C=O) groups excluding carboxylic acids is 1. The van der Waals surface area contributed by atoms with Crippen LogP contribution >= 0.6 is 0 Å². The van der Waals surface area contributed by atoms with Crippen LogP contribution in [0.2, 0.25) is 0 Å². The van der Waals surface area contributed by atoms with Crippen molar-refractivity contribution in [2.45, 2.75) is 64.8 Å². The molecule has 0 spiro atoms. The summed E-state index contributed by atoms with van der Waals surface area (Å²) in [6, 6.07) is 0. The normalized spacial score (nSPS) is 21.2. The molecule has 0 saturated carbocycles. The number of nitrogens with one attached hydrogen (secondary N) is 2. The summed E-state index contributed by atoms with van der Waals surface area (Å²) in [6.07, 6.45) is 6.40. The van der Waals surface area contributed by atoms with Gasteiger partial charge in [-0.1, -0.05) is 13.3 Å². The van der Waals surface area contributed by atoms with E-state index in [1.807, 2.05) is 0 Å². The summed E-state index contributed by atoms with van der Waals surface area (Å²) in [6.45, 7) is 8.60. The number of hydrogen-bond acceptors (Lipinski definition) is 2. The van der Waals surface area contributed by atoms with Crippen molar-refractivity contribution >= 4 is 5.91 Å². The van der Waals surface area contributed by atoms with Crippen LogP contribution in [0.5, 0.6) is 0 Å². The van der Waals surface area contributed by atoms with Gasteiger partial charge in [0.05, 0.1) is 0 Å². The molecule has 1 fully saturated rings. The Hall–Kier alpha value is -0.570. The lowest BCUT2D eigenvalue weighted by molar-refractivity contribution is -0.123. The maximum atomic E-state index is 11.8. The minimum atomic E-state index is -0.0450. The molecule has 1 aliphatic heterocycles. The smallest absolute Gasteiger partial charge is 0.220 e. The maximum Gasteiger partial charge on any atom is 0.220 e. The second kappa shape index (κ2) is 7.00. The van der Waals surface area contributed by atoms with Crippen molar-refractivity contribution in [3.05, 3.63) is 0 Å². The maximum absolute atomic E-state index is 11.8. The molecule has 3 nitrogen and oxygen atoms in total. The van der Waals surface area contributed by atoms with Crippen LogP contribution in [0.3, 0.4) is 0 Å². The topological polar surface area (TPSA) is 41.1 Å². The van der Waals surface area contributed by atoms with E-state index in [2.05, 4.69) is 31.4 Å². The van der Waals surface area contributed by atoms with E-state index in [4.69, 9.17) is 0 Å². The van der Waals surface area contributed by atoms with Crippen molar-refractivity contribution in [3.63, 3.8) is 0 Å². The van der Waals surface area contributed by atoms with Crippen LogP contribution in [0.4, 0.5) is 0 Å². The Morgan fingerprint density at radius 3 is 2.82 bits per heavy atom. The Kier molecular flexibility index (Phi) is 5.96. The molecule has 0 aromatic heterocycles. The number of carbonyl (C=O) groups is 1. The van der Waals surface area contributed by atoms with E-state index in [1.165, 1.54) is 12.8 Å². The number of piperidine rings is 1. The summed E-state index contributed by atoms with van der Waals surface area (Å²) >= 11 is 0. The highest BCUT2D eigenvalue weighted by Crippen LogP contribution is 2.17. The van der Waals surface area contributed by atoms with Gasteiger partial charge in [0.25, 0.3) is 0 Å². The van der Waals surface area contributed by atoms with Crippen molar-refractivity contribution in [2.24, 2.45) is 5.92 Å². The zero-order chi connectivity index (χ0) is 12.7. The molecule has 0 aromatic rings. The Morgan fingerprint density at radius 2 is 2.24 bits per heavy atom. The molecule has 1 atom stereocenters. The molecule has 1 aliphatic rings. The number of amides is 1. The molecule has 1 amide bonds. The zero-order valence-electron chi connectivity index (χ0n) is 11.6. The van der Waals surface area contributed by atoms with Crippen molar-refractivity contribution in [1.82, 2.24) is 10.6 Å². The van der Waals surface area contributed by atoms with Gasteiger partial charge in [0.2, 0.25) is 5.91 Å². The highest BCUT2D eigenvalue weighted by Gasteiger charge is 2.20. The lowest BCUT2D eigenvalue weighted by atomic mass is 9.94. The van der Waals surface area contributed by atoms with E-state index in [0.717, 1.165) is 32.4 Å². The van der Waals surface area contributed by atoms with Gasteiger partial charge in [0, 0.05) is 12.0 Å². The van der Waals surface area contributed by atoms with E-state index in [0.29, 0.717) is 12.3 Å². The average Bonchev–Trinajstić information content (AvgIpc) is 2.27. The highest BCUT2D eigenvalue weighted by molar-refractivity contribution is 5.76. The van der Waals surface area contributed by atoms with Crippen LogP contribution in [-0.4, -0.2) is 24.5 Å². The summed E-state index contributed by atoms with van der Waals surface area (Å²) in [5, 5.41) is 6.53. The fraction of sp³-hybridized carbons (Fsp3) is 0.929. The quantitative estimate of drug-likeness (QED) is 0.749. The Labute approximate surface area is 106 Å². The van der Waals surface area contributed by atoms with Gasteiger partial charge in [-0.15, -0.1) is 0 Å². The second-order valence-electron chi connectivity index (χ2n) is 5.93. The first kappa shape index (κ1) is 14.5. The third-order valence-corrected chi connectivity index (χ3v) is 3.53. The van der Waals surface area contributed by atoms with Crippen molar-refractivity contribution in [1.29, 1.82) is 0 Å². The first-order chi connectivity index (χ1) is 8.03. The van der Waals surface area contributed by atoms with Crippen LogP contribution in [0, 0.1) is 5.92 Å². The van der Waals surface area contributed by atoms with Gasteiger partial charge in [-0.2, -0.15) is 0 Å². The molecular weight excluding hydrogens is 212 g/mol. The monoisotopic (exact) mass is 240 g/mol. The van der Waals surface area contributed by atoms with Crippen LogP contribution in [-0.2, 0) is 4.79 Å². The molecule has 0 aromatic carbocycles. The minimum Gasteiger partial charge on any atom is -0.351 e. The van der Waals surface area contributed by atoms with Gasteiger partial charge in [0.15, 0.2) is 0 Å². The van der Waals surface area contributed by atoms with Crippen molar-refractivity contribution < 1.29 is 4.79 Å². The standard InChI is InChI=1S/C14H28N2O/c1-4-9-14(2,3)16-13(17)8-7-12-6-5-10-15-11-12/h12,15H,4-11H2,1-3H3,(H,16,17). The summed E-state index contributed by atoms with van der Waals surface area (Å²) in [4.78, 5) is 11.8. The summed E-state index contributed by atoms with van der Waals surface area (Å²) in [7, 11) is 0. The first-order valence-electron chi connectivity index (χ1n) is 7.05. The van der Waals surface area contributed by atoms with Gasteiger partial charge in [-0.3, -0.25) is 4.79 Å². The number of rotatable bonds is 6. The lowest BCUT2D eigenvalue weighted by Gasteiger charge is -2.27. The van der Waals surface area contributed by atoms with E-state index >= 15 is 0 Å². The van der Waals surface area contributed by atoms with E-state index in [1.54, 1.807) is 0 Å². The Balaban J connectivity index is 2.20. The van der Waals surface area contributed by atoms with E-state index < -0.39 is 0 Å². The highest BCUT2D eigenvalue weighted by atomic mass is 16.1. The predicted molar refractivity (Wildman–Crippen MR) is 72.0 cm³/mol. The molecule has 1 saturated heterocycles. The molecule has 2 N–H and O–H groups in total. The van der Waals surface area contributed by atoms with Crippen LogP contribution in [0.15, 0.2) is 0 Å². The molecule has 0 radical (unpaired) electrons. The van der Waals surface area contributed by atoms with Gasteiger partial charge < -0.3 is 10.6 Å².